The standard InChI is InChI=1S/C17H18/c1-10-6-5-7-14-9-15-8-11(2)12(3)13(4)17(15)16(10)14/h5-8H,9H2,1-4H3. The summed E-state index contributed by atoms with van der Waals surface area (Å²) in [5, 5.41) is 0. The zero-order chi connectivity index (χ0) is 12.2. The van der Waals surface area contributed by atoms with Crippen LogP contribution in [-0.2, 0) is 6.42 Å². The first kappa shape index (κ1) is 10.6. The van der Waals surface area contributed by atoms with Crippen molar-refractivity contribution in [2.24, 2.45) is 0 Å². The van der Waals surface area contributed by atoms with E-state index in [4.69, 9.17) is 0 Å². The fraction of sp³-hybridized carbons (Fsp3) is 0.294. The van der Waals surface area contributed by atoms with Crippen LogP contribution < -0.4 is 0 Å². The normalized spacial score (nSPS) is 12.5. The van der Waals surface area contributed by atoms with Crippen molar-refractivity contribution in [1.29, 1.82) is 0 Å². The second-order valence-electron chi connectivity index (χ2n) is 5.26. The van der Waals surface area contributed by atoms with Gasteiger partial charge in [-0.1, -0.05) is 24.3 Å². The van der Waals surface area contributed by atoms with Gasteiger partial charge in [0.15, 0.2) is 0 Å². The maximum atomic E-state index is 2.37. The lowest BCUT2D eigenvalue weighted by Crippen LogP contribution is -1.93. The molecule has 0 saturated carbocycles. The average molecular weight is 222 g/mol. The molecule has 1 aliphatic rings. The van der Waals surface area contributed by atoms with E-state index in [2.05, 4.69) is 52.0 Å². The Hall–Kier alpha value is -1.56. The number of rotatable bonds is 0. The number of hydrogen-bond donors (Lipinski definition) is 0. The Balaban J connectivity index is 2.39. The van der Waals surface area contributed by atoms with E-state index < -0.39 is 0 Å². The Morgan fingerprint density at radius 1 is 0.765 bits per heavy atom. The highest BCUT2D eigenvalue weighted by molar-refractivity contribution is 5.83. The zero-order valence-electron chi connectivity index (χ0n) is 11.0. The maximum Gasteiger partial charge on any atom is -0.00131 e. The van der Waals surface area contributed by atoms with Crippen LogP contribution in [0.3, 0.4) is 0 Å². The highest BCUT2D eigenvalue weighted by atomic mass is 14.3. The Kier molecular flexibility index (Phi) is 2.16. The predicted octanol–water partition coefficient (Wildman–Crippen LogP) is 4.49. The number of hydrogen-bond acceptors (Lipinski definition) is 0. The molecule has 0 aromatic heterocycles. The average Bonchev–Trinajstić information content (AvgIpc) is 2.65. The van der Waals surface area contributed by atoms with Crippen molar-refractivity contribution in [3.8, 4) is 11.1 Å². The largest absolute Gasteiger partial charge is 0.0617 e. The molecule has 0 aliphatic heterocycles. The van der Waals surface area contributed by atoms with Crippen LogP contribution in [0.5, 0.6) is 0 Å². The Bertz CT molecular complexity index is 618. The minimum Gasteiger partial charge on any atom is -0.0617 e. The Morgan fingerprint density at radius 2 is 1.53 bits per heavy atom. The van der Waals surface area contributed by atoms with E-state index in [1.807, 2.05) is 0 Å². The topological polar surface area (TPSA) is 0 Å². The number of aryl methyl sites for hydroxylation is 2. The summed E-state index contributed by atoms with van der Waals surface area (Å²) in [6.45, 7) is 8.95. The molecule has 0 fully saturated rings. The van der Waals surface area contributed by atoms with Crippen molar-refractivity contribution >= 4 is 0 Å². The molecule has 0 N–H and O–H groups in total. The lowest BCUT2D eigenvalue weighted by Gasteiger charge is -2.13. The van der Waals surface area contributed by atoms with Crippen LogP contribution in [0.25, 0.3) is 11.1 Å². The van der Waals surface area contributed by atoms with Crippen molar-refractivity contribution in [1.82, 2.24) is 0 Å². The molecule has 0 saturated heterocycles. The third-order valence-corrected chi connectivity index (χ3v) is 4.23. The van der Waals surface area contributed by atoms with E-state index in [0.29, 0.717) is 0 Å². The summed E-state index contributed by atoms with van der Waals surface area (Å²) in [4.78, 5) is 0. The van der Waals surface area contributed by atoms with Gasteiger partial charge < -0.3 is 0 Å². The van der Waals surface area contributed by atoms with E-state index in [1.165, 1.54) is 44.5 Å². The molecular formula is C17H18. The van der Waals surface area contributed by atoms with E-state index in [0.717, 1.165) is 6.42 Å². The Labute approximate surface area is 103 Å². The van der Waals surface area contributed by atoms with Gasteiger partial charge in [0.2, 0.25) is 0 Å². The summed E-state index contributed by atoms with van der Waals surface area (Å²) in [6, 6.07) is 9.04. The van der Waals surface area contributed by atoms with Crippen molar-refractivity contribution in [2.75, 3.05) is 0 Å². The van der Waals surface area contributed by atoms with E-state index in [9.17, 15) is 0 Å². The molecule has 2 aromatic carbocycles. The van der Waals surface area contributed by atoms with Crippen LogP contribution in [0.15, 0.2) is 24.3 Å². The molecule has 0 radical (unpaired) electrons. The molecule has 0 nitrogen and oxygen atoms in total. The molecule has 0 unspecified atom stereocenters. The SMILES string of the molecule is Cc1cc2c(c(C)c1C)-c1c(C)cccc1C2. The summed E-state index contributed by atoms with van der Waals surface area (Å²) >= 11 is 0. The first-order valence-electron chi connectivity index (χ1n) is 6.28. The van der Waals surface area contributed by atoms with Crippen LogP contribution in [0, 0.1) is 27.7 Å². The second-order valence-corrected chi connectivity index (χ2v) is 5.26. The van der Waals surface area contributed by atoms with E-state index >= 15 is 0 Å². The van der Waals surface area contributed by atoms with Crippen LogP contribution in [0.1, 0.15) is 33.4 Å². The van der Waals surface area contributed by atoms with Crippen molar-refractivity contribution in [3.63, 3.8) is 0 Å². The van der Waals surface area contributed by atoms with Crippen molar-refractivity contribution < 1.29 is 0 Å². The molecule has 0 spiro atoms. The molecule has 0 bridgehead atoms. The van der Waals surface area contributed by atoms with Crippen LogP contribution >= 0.6 is 0 Å². The first-order valence-corrected chi connectivity index (χ1v) is 6.28. The highest BCUT2D eigenvalue weighted by Crippen LogP contribution is 2.42. The maximum absolute atomic E-state index is 2.37. The molecule has 17 heavy (non-hydrogen) atoms. The quantitative estimate of drug-likeness (QED) is 0.525. The minimum absolute atomic E-state index is 1.11. The van der Waals surface area contributed by atoms with Crippen molar-refractivity contribution in [2.45, 2.75) is 34.1 Å². The molecule has 86 valence electrons. The van der Waals surface area contributed by atoms with Crippen LogP contribution in [0.2, 0.25) is 0 Å². The van der Waals surface area contributed by atoms with E-state index in [-0.39, 0.29) is 0 Å². The predicted molar refractivity (Wildman–Crippen MR) is 73.6 cm³/mol. The third kappa shape index (κ3) is 1.37. The highest BCUT2D eigenvalue weighted by Gasteiger charge is 2.23. The Morgan fingerprint density at radius 3 is 2.29 bits per heavy atom. The van der Waals surface area contributed by atoms with Crippen LogP contribution in [-0.4, -0.2) is 0 Å². The zero-order valence-corrected chi connectivity index (χ0v) is 11.0. The molecule has 1 aliphatic carbocycles. The van der Waals surface area contributed by atoms with Gasteiger partial charge in [-0.3, -0.25) is 0 Å². The van der Waals surface area contributed by atoms with Gasteiger partial charge in [-0.15, -0.1) is 0 Å². The lowest BCUT2D eigenvalue weighted by atomic mass is 9.92. The molecule has 0 heterocycles. The molecule has 3 rings (SSSR count). The summed E-state index contributed by atoms with van der Waals surface area (Å²) in [5.41, 5.74) is 11.7. The summed E-state index contributed by atoms with van der Waals surface area (Å²) < 4.78 is 0. The van der Waals surface area contributed by atoms with Crippen molar-refractivity contribution in [3.05, 3.63) is 57.6 Å². The summed E-state index contributed by atoms with van der Waals surface area (Å²) in [6.07, 6.45) is 1.11. The lowest BCUT2D eigenvalue weighted by molar-refractivity contribution is 1.20. The molecular weight excluding hydrogens is 204 g/mol. The monoisotopic (exact) mass is 222 g/mol. The van der Waals surface area contributed by atoms with Gasteiger partial charge in [0.05, 0.1) is 0 Å². The smallest absolute Gasteiger partial charge is 0.00131 e. The van der Waals surface area contributed by atoms with Gasteiger partial charge in [0.25, 0.3) is 0 Å². The van der Waals surface area contributed by atoms with Gasteiger partial charge in [-0.05, 0) is 78.6 Å². The summed E-state index contributed by atoms with van der Waals surface area (Å²) in [7, 11) is 0. The van der Waals surface area contributed by atoms with Gasteiger partial charge in [0.1, 0.15) is 0 Å². The number of benzene rings is 2. The third-order valence-electron chi connectivity index (χ3n) is 4.23. The van der Waals surface area contributed by atoms with Gasteiger partial charge in [-0.2, -0.15) is 0 Å². The first-order chi connectivity index (χ1) is 8.09. The fourth-order valence-corrected chi connectivity index (χ4v) is 3.09. The van der Waals surface area contributed by atoms with Gasteiger partial charge >= 0.3 is 0 Å². The summed E-state index contributed by atoms with van der Waals surface area (Å²) in [5.74, 6) is 0. The van der Waals surface area contributed by atoms with E-state index in [1.54, 1.807) is 0 Å². The van der Waals surface area contributed by atoms with Gasteiger partial charge in [0, 0.05) is 0 Å². The molecule has 0 heteroatoms. The fourth-order valence-electron chi connectivity index (χ4n) is 3.09. The number of fused-ring (bicyclic) bond motifs is 3. The molecule has 0 amide bonds. The molecule has 0 atom stereocenters. The van der Waals surface area contributed by atoms with Crippen LogP contribution in [0.4, 0.5) is 0 Å². The van der Waals surface area contributed by atoms with Gasteiger partial charge in [-0.25, -0.2) is 0 Å². The molecule has 2 aromatic rings. The minimum atomic E-state index is 1.11. The second kappa shape index (κ2) is 3.46.